The van der Waals surface area contributed by atoms with Crippen LogP contribution in [-0.2, 0) is 25.7 Å². The smallest absolute Gasteiger partial charge is 0.257 e. The van der Waals surface area contributed by atoms with E-state index in [1.54, 1.807) is 42.3 Å². The van der Waals surface area contributed by atoms with Crippen LogP contribution in [0.15, 0.2) is 47.4 Å². The van der Waals surface area contributed by atoms with E-state index in [9.17, 15) is 9.90 Å². The minimum atomic E-state index is -0.296. The van der Waals surface area contributed by atoms with Gasteiger partial charge in [-0.1, -0.05) is 25.9 Å². The zero-order valence-corrected chi connectivity index (χ0v) is 20.7. The Morgan fingerprint density at radius 3 is 2.68 bits per heavy atom. The number of aliphatic hydroxyl groups excluding tert-OH is 1. The first kappa shape index (κ1) is 24.1. The molecule has 0 aliphatic carbocycles. The molecule has 0 saturated heterocycles. The zero-order chi connectivity index (χ0) is 26.2. The normalized spacial score (nSPS) is 11.7. The number of pyridine rings is 1. The number of amides is 1. The van der Waals surface area contributed by atoms with Crippen molar-refractivity contribution in [2.24, 2.45) is 7.05 Å². The maximum atomic E-state index is 12.5. The number of aryl methyl sites for hydroxylation is 1. The standard InChI is InChI=1S/C24H25N9O4/c1-24(2,3)18-8-20-28-29-21(19-7-17(12-34)37-31-19)33(20)30-23(18)36-13-15-6-5-14(9-25-15)22(35)27-16-10-26-32(4)11-16/h5-11,34H,12-13H2,1-4H3,(H,27,35). The summed E-state index contributed by atoms with van der Waals surface area (Å²) in [5.74, 6) is 0.753. The van der Waals surface area contributed by atoms with Crippen molar-refractivity contribution in [3.8, 4) is 17.4 Å². The summed E-state index contributed by atoms with van der Waals surface area (Å²) in [4.78, 5) is 16.8. The Bertz CT molecular complexity index is 1560. The summed E-state index contributed by atoms with van der Waals surface area (Å²) in [6.07, 6.45) is 4.77. The van der Waals surface area contributed by atoms with Gasteiger partial charge >= 0.3 is 0 Å². The number of hydrogen-bond acceptors (Lipinski definition) is 10. The van der Waals surface area contributed by atoms with E-state index >= 15 is 0 Å². The summed E-state index contributed by atoms with van der Waals surface area (Å²) in [6, 6.07) is 6.85. The van der Waals surface area contributed by atoms with Crippen molar-refractivity contribution in [1.82, 2.24) is 39.7 Å². The summed E-state index contributed by atoms with van der Waals surface area (Å²) in [6.45, 7) is 5.98. The zero-order valence-electron chi connectivity index (χ0n) is 20.7. The van der Waals surface area contributed by atoms with E-state index in [1.807, 2.05) is 26.8 Å². The molecule has 5 aromatic rings. The molecule has 0 fully saturated rings. The van der Waals surface area contributed by atoms with Crippen molar-refractivity contribution >= 4 is 17.2 Å². The molecule has 0 aliphatic heterocycles. The monoisotopic (exact) mass is 503 g/mol. The van der Waals surface area contributed by atoms with E-state index in [2.05, 4.69) is 35.9 Å². The summed E-state index contributed by atoms with van der Waals surface area (Å²) >= 11 is 0. The topological polar surface area (TPSA) is 158 Å². The lowest BCUT2D eigenvalue weighted by Gasteiger charge is -2.21. The Kier molecular flexibility index (Phi) is 6.13. The fourth-order valence-electron chi connectivity index (χ4n) is 3.59. The Morgan fingerprint density at radius 2 is 2.03 bits per heavy atom. The number of fused-ring (bicyclic) bond motifs is 1. The number of anilines is 1. The van der Waals surface area contributed by atoms with Crippen molar-refractivity contribution in [1.29, 1.82) is 0 Å². The second-order valence-electron chi connectivity index (χ2n) is 9.43. The number of aliphatic hydroxyl groups is 1. The first-order chi connectivity index (χ1) is 17.7. The lowest BCUT2D eigenvalue weighted by molar-refractivity contribution is 0.102. The number of carbonyl (C=O) groups excluding carboxylic acids is 1. The predicted molar refractivity (Wildman–Crippen MR) is 131 cm³/mol. The second-order valence-corrected chi connectivity index (χ2v) is 9.43. The predicted octanol–water partition coefficient (Wildman–Crippen LogP) is 2.53. The first-order valence-corrected chi connectivity index (χ1v) is 11.4. The molecule has 5 rings (SSSR count). The number of nitrogens with zero attached hydrogens (tertiary/aromatic N) is 8. The van der Waals surface area contributed by atoms with Crippen LogP contribution in [0.4, 0.5) is 5.69 Å². The number of ether oxygens (including phenoxy) is 1. The van der Waals surface area contributed by atoms with Crippen LogP contribution in [0.5, 0.6) is 5.88 Å². The molecule has 0 radical (unpaired) electrons. The molecule has 5 heterocycles. The van der Waals surface area contributed by atoms with Gasteiger partial charge in [0.05, 0.1) is 23.1 Å². The summed E-state index contributed by atoms with van der Waals surface area (Å²) in [7, 11) is 1.77. The van der Waals surface area contributed by atoms with Crippen molar-refractivity contribution in [2.75, 3.05) is 5.32 Å². The number of carbonyl (C=O) groups is 1. The van der Waals surface area contributed by atoms with Crippen LogP contribution >= 0.6 is 0 Å². The fraction of sp³-hybridized carbons (Fsp3) is 0.292. The molecule has 190 valence electrons. The molecular weight excluding hydrogens is 478 g/mol. The molecule has 2 N–H and O–H groups in total. The Balaban J connectivity index is 1.37. The minimum Gasteiger partial charge on any atom is -0.470 e. The molecule has 0 bridgehead atoms. The molecule has 0 unspecified atom stereocenters. The fourth-order valence-corrected chi connectivity index (χ4v) is 3.59. The summed E-state index contributed by atoms with van der Waals surface area (Å²) in [5.41, 5.74) is 3.07. The number of hydrogen-bond donors (Lipinski definition) is 2. The molecule has 13 nitrogen and oxygen atoms in total. The van der Waals surface area contributed by atoms with Gasteiger partial charge in [-0.25, -0.2) is 0 Å². The van der Waals surface area contributed by atoms with Gasteiger partial charge in [-0.2, -0.15) is 9.61 Å². The van der Waals surface area contributed by atoms with Crippen LogP contribution < -0.4 is 10.1 Å². The van der Waals surface area contributed by atoms with Gasteiger partial charge in [-0.05, 0) is 23.6 Å². The van der Waals surface area contributed by atoms with E-state index in [1.165, 1.54) is 10.7 Å². The molecule has 0 aromatic carbocycles. The van der Waals surface area contributed by atoms with Gasteiger partial charge in [0.25, 0.3) is 5.91 Å². The molecule has 1 amide bonds. The Morgan fingerprint density at radius 1 is 1.19 bits per heavy atom. The Hall–Kier alpha value is -4.65. The van der Waals surface area contributed by atoms with E-state index in [4.69, 9.17) is 9.26 Å². The van der Waals surface area contributed by atoms with Crippen LogP contribution in [0.1, 0.15) is 48.1 Å². The largest absolute Gasteiger partial charge is 0.470 e. The number of aromatic nitrogens is 8. The van der Waals surface area contributed by atoms with Gasteiger partial charge in [0.2, 0.25) is 11.7 Å². The molecule has 0 atom stereocenters. The van der Waals surface area contributed by atoms with Crippen LogP contribution in [0.25, 0.3) is 17.2 Å². The molecule has 5 aromatic heterocycles. The average Bonchev–Trinajstić information content (AvgIpc) is 3.61. The Labute approximate surface area is 211 Å². The molecule has 0 saturated carbocycles. The molecule has 37 heavy (non-hydrogen) atoms. The third kappa shape index (κ3) is 5.02. The van der Waals surface area contributed by atoms with Crippen LogP contribution in [-0.4, -0.2) is 50.7 Å². The van der Waals surface area contributed by atoms with E-state index in [-0.39, 0.29) is 24.5 Å². The summed E-state index contributed by atoms with van der Waals surface area (Å²) in [5, 5.41) is 33.1. The third-order valence-electron chi connectivity index (χ3n) is 5.52. The van der Waals surface area contributed by atoms with Crippen molar-refractivity contribution < 1.29 is 19.2 Å². The highest BCUT2D eigenvalue weighted by atomic mass is 16.5. The first-order valence-electron chi connectivity index (χ1n) is 11.4. The SMILES string of the molecule is Cn1cc(NC(=O)c2ccc(COc3nn4c(-c5cc(CO)on5)nnc4cc3C(C)(C)C)nc2)cn1. The average molecular weight is 504 g/mol. The molecule has 0 aliphatic rings. The van der Waals surface area contributed by atoms with Gasteiger partial charge in [-0.3, -0.25) is 14.5 Å². The quantitative estimate of drug-likeness (QED) is 0.338. The minimum absolute atomic E-state index is 0.127. The van der Waals surface area contributed by atoms with Gasteiger partial charge in [-0.15, -0.1) is 15.3 Å². The van der Waals surface area contributed by atoms with Crippen molar-refractivity contribution in [2.45, 2.75) is 39.4 Å². The molecule has 0 spiro atoms. The molecular formula is C24H25N9O4. The summed E-state index contributed by atoms with van der Waals surface area (Å²) < 4.78 is 14.3. The molecule has 13 heteroatoms. The van der Waals surface area contributed by atoms with Crippen LogP contribution in [0.3, 0.4) is 0 Å². The highest BCUT2D eigenvalue weighted by Gasteiger charge is 2.24. The lowest BCUT2D eigenvalue weighted by Crippen LogP contribution is -2.16. The van der Waals surface area contributed by atoms with E-state index < -0.39 is 0 Å². The van der Waals surface area contributed by atoms with E-state index in [0.29, 0.717) is 45.8 Å². The van der Waals surface area contributed by atoms with Crippen molar-refractivity contribution in [3.05, 3.63) is 65.4 Å². The second kappa shape index (κ2) is 9.43. The van der Waals surface area contributed by atoms with Crippen LogP contribution in [0, 0.1) is 0 Å². The van der Waals surface area contributed by atoms with Gasteiger partial charge in [0, 0.05) is 31.1 Å². The van der Waals surface area contributed by atoms with Gasteiger partial charge in [0.15, 0.2) is 17.1 Å². The number of rotatable bonds is 7. The third-order valence-corrected chi connectivity index (χ3v) is 5.52. The maximum Gasteiger partial charge on any atom is 0.257 e. The number of nitrogens with one attached hydrogen (secondary N) is 1. The van der Waals surface area contributed by atoms with Gasteiger partial charge < -0.3 is 19.7 Å². The highest BCUT2D eigenvalue weighted by molar-refractivity contribution is 6.03. The lowest BCUT2D eigenvalue weighted by atomic mass is 9.88. The van der Waals surface area contributed by atoms with Crippen molar-refractivity contribution in [3.63, 3.8) is 0 Å². The van der Waals surface area contributed by atoms with Crippen LogP contribution in [0.2, 0.25) is 0 Å². The highest BCUT2D eigenvalue weighted by Crippen LogP contribution is 2.32. The van der Waals surface area contributed by atoms with Gasteiger partial charge in [0.1, 0.15) is 13.2 Å². The van der Waals surface area contributed by atoms with E-state index in [0.717, 1.165) is 5.56 Å². The maximum absolute atomic E-state index is 12.5.